The topological polar surface area (TPSA) is 50.8 Å². The Bertz CT molecular complexity index is 838. The number of amides is 2. The molecule has 28 heavy (non-hydrogen) atoms. The van der Waals surface area contributed by atoms with Gasteiger partial charge in [-0.3, -0.25) is 0 Å². The minimum Gasteiger partial charge on any atom is -0.486 e. The van der Waals surface area contributed by atoms with Crippen LogP contribution < -0.4 is 14.8 Å². The smallest absolute Gasteiger partial charge is 0.416 e. The van der Waals surface area contributed by atoms with E-state index in [1.807, 2.05) is 19.1 Å². The molecule has 2 aromatic rings. The molecule has 150 valence electrons. The van der Waals surface area contributed by atoms with Crippen LogP contribution in [0.1, 0.15) is 29.7 Å². The van der Waals surface area contributed by atoms with E-state index in [0.717, 1.165) is 17.7 Å². The quantitative estimate of drug-likeness (QED) is 0.837. The number of ether oxygens (including phenoxy) is 2. The van der Waals surface area contributed by atoms with Crippen LogP contribution in [0.15, 0.2) is 42.5 Å². The number of hydrogen-bond acceptors (Lipinski definition) is 3. The van der Waals surface area contributed by atoms with Crippen molar-refractivity contribution >= 4 is 6.03 Å². The van der Waals surface area contributed by atoms with Crippen LogP contribution in [0.3, 0.4) is 0 Å². The Balaban J connectivity index is 1.59. The van der Waals surface area contributed by atoms with Crippen molar-refractivity contribution in [3.8, 4) is 11.5 Å². The van der Waals surface area contributed by atoms with E-state index >= 15 is 0 Å². The maximum absolute atomic E-state index is 12.6. The number of rotatable bonds is 4. The van der Waals surface area contributed by atoms with E-state index in [2.05, 4.69) is 5.32 Å². The third-order valence-corrected chi connectivity index (χ3v) is 4.45. The van der Waals surface area contributed by atoms with Crippen molar-refractivity contribution in [2.24, 2.45) is 0 Å². The molecule has 1 N–H and O–H groups in total. The highest BCUT2D eigenvalue weighted by Crippen LogP contribution is 2.32. The van der Waals surface area contributed by atoms with Gasteiger partial charge in [0.25, 0.3) is 0 Å². The molecule has 1 heterocycles. The Morgan fingerprint density at radius 3 is 2.39 bits per heavy atom. The minimum atomic E-state index is -4.37. The number of carbonyl (C=O) groups excluding carboxylic acids is 1. The third-order valence-electron chi connectivity index (χ3n) is 4.45. The largest absolute Gasteiger partial charge is 0.486 e. The molecule has 0 aromatic heterocycles. The third kappa shape index (κ3) is 4.68. The zero-order valence-corrected chi connectivity index (χ0v) is 15.5. The van der Waals surface area contributed by atoms with Gasteiger partial charge in [0.1, 0.15) is 13.2 Å². The van der Waals surface area contributed by atoms with Crippen molar-refractivity contribution < 1.29 is 27.4 Å². The molecule has 8 heteroatoms. The first-order valence-electron chi connectivity index (χ1n) is 8.81. The van der Waals surface area contributed by atoms with Gasteiger partial charge in [0.2, 0.25) is 0 Å². The lowest BCUT2D eigenvalue weighted by atomic mass is 10.1. The summed E-state index contributed by atoms with van der Waals surface area (Å²) in [4.78, 5) is 13.8. The van der Waals surface area contributed by atoms with Gasteiger partial charge in [-0.05, 0) is 42.3 Å². The molecule has 5 nitrogen and oxygen atoms in total. The Kier molecular flexibility index (Phi) is 5.67. The maximum Gasteiger partial charge on any atom is 0.416 e. The molecule has 1 atom stereocenters. The molecule has 2 amide bonds. The van der Waals surface area contributed by atoms with Gasteiger partial charge in [-0.25, -0.2) is 4.79 Å². The summed E-state index contributed by atoms with van der Waals surface area (Å²) in [6, 6.07) is 9.65. The van der Waals surface area contributed by atoms with Crippen molar-refractivity contribution in [3.63, 3.8) is 0 Å². The molecular formula is C20H21F3N2O3. The van der Waals surface area contributed by atoms with Crippen LogP contribution in [0, 0.1) is 0 Å². The Hall–Kier alpha value is -2.90. The van der Waals surface area contributed by atoms with E-state index in [1.54, 1.807) is 13.1 Å². The fourth-order valence-electron chi connectivity index (χ4n) is 2.85. The highest BCUT2D eigenvalue weighted by Gasteiger charge is 2.30. The summed E-state index contributed by atoms with van der Waals surface area (Å²) < 4.78 is 48.9. The molecule has 1 aliphatic heterocycles. The second kappa shape index (κ2) is 8.00. The summed E-state index contributed by atoms with van der Waals surface area (Å²) in [6.45, 7) is 3.02. The summed E-state index contributed by atoms with van der Waals surface area (Å²) in [5, 5.41) is 2.87. The lowest BCUT2D eigenvalue weighted by Gasteiger charge is -2.23. The van der Waals surface area contributed by atoms with Crippen LogP contribution in [0.4, 0.5) is 18.0 Å². The zero-order valence-electron chi connectivity index (χ0n) is 15.5. The zero-order chi connectivity index (χ0) is 20.3. The van der Waals surface area contributed by atoms with Crippen molar-refractivity contribution in [1.82, 2.24) is 10.2 Å². The van der Waals surface area contributed by atoms with E-state index < -0.39 is 11.7 Å². The second-order valence-corrected chi connectivity index (χ2v) is 6.63. The summed E-state index contributed by atoms with van der Waals surface area (Å²) in [6.07, 6.45) is -4.37. The number of carbonyl (C=O) groups is 1. The molecule has 0 fully saturated rings. The molecule has 0 bridgehead atoms. The van der Waals surface area contributed by atoms with Crippen LogP contribution in [-0.4, -0.2) is 31.2 Å². The van der Waals surface area contributed by atoms with E-state index in [9.17, 15) is 18.0 Å². The van der Waals surface area contributed by atoms with E-state index in [-0.39, 0.29) is 18.6 Å². The molecule has 3 rings (SSSR count). The lowest BCUT2D eigenvalue weighted by Crippen LogP contribution is -2.38. The fraction of sp³-hybridized carbons (Fsp3) is 0.350. The molecule has 1 aliphatic rings. The van der Waals surface area contributed by atoms with Crippen molar-refractivity contribution in [2.75, 3.05) is 20.3 Å². The van der Waals surface area contributed by atoms with E-state index in [0.29, 0.717) is 30.3 Å². The molecule has 1 unspecified atom stereocenters. The van der Waals surface area contributed by atoms with Crippen LogP contribution in [-0.2, 0) is 12.7 Å². The summed E-state index contributed by atoms with van der Waals surface area (Å²) in [5.74, 6) is 1.32. The molecule has 0 saturated carbocycles. The van der Waals surface area contributed by atoms with Gasteiger partial charge in [0.15, 0.2) is 11.5 Å². The molecule has 0 saturated heterocycles. The van der Waals surface area contributed by atoms with Gasteiger partial charge in [0.05, 0.1) is 11.6 Å². The Labute approximate surface area is 161 Å². The standard InChI is InChI=1S/C20H21F3N2O3/c1-13(15-5-8-17-18(11-15)28-10-9-27-17)24-19(26)25(2)12-14-3-6-16(7-4-14)20(21,22)23/h3-8,11,13H,9-10,12H2,1-2H3,(H,24,26). The number of halogens is 3. The SMILES string of the molecule is CC(NC(=O)N(C)Cc1ccc(C(F)(F)F)cc1)c1ccc2c(c1)OCCO2. The number of fused-ring (bicyclic) bond motifs is 1. The van der Waals surface area contributed by atoms with Crippen LogP contribution in [0.5, 0.6) is 11.5 Å². The molecule has 0 aliphatic carbocycles. The van der Waals surface area contributed by atoms with E-state index in [1.165, 1.54) is 17.0 Å². The van der Waals surface area contributed by atoms with Gasteiger partial charge in [0, 0.05) is 13.6 Å². The highest BCUT2D eigenvalue weighted by atomic mass is 19.4. The summed E-state index contributed by atoms with van der Waals surface area (Å²) in [7, 11) is 1.59. The number of nitrogens with one attached hydrogen (secondary N) is 1. The fourth-order valence-corrected chi connectivity index (χ4v) is 2.85. The van der Waals surface area contributed by atoms with E-state index in [4.69, 9.17) is 9.47 Å². The van der Waals surface area contributed by atoms with Crippen LogP contribution in [0.25, 0.3) is 0 Å². The molecular weight excluding hydrogens is 373 g/mol. The minimum absolute atomic E-state index is 0.192. The molecule has 0 radical (unpaired) electrons. The number of urea groups is 1. The molecule has 2 aromatic carbocycles. The van der Waals surface area contributed by atoms with Gasteiger partial charge in [-0.1, -0.05) is 18.2 Å². The van der Waals surface area contributed by atoms with Crippen LogP contribution >= 0.6 is 0 Å². The van der Waals surface area contributed by atoms with Crippen LogP contribution in [0.2, 0.25) is 0 Å². The van der Waals surface area contributed by atoms with Crippen molar-refractivity contribution in [1.29, 1.82) is 0 Å². The van der Waals surface area contributed by atoms with Crippen molar-refractivity contribution in [2.45, 2.75) is 25.7 Å². The van der Waals surface area contributed by atoms with Crippen molar-refractivity contribution in [3.05, 3.63) is 59.2 Å². The van der Waals surface area contributed by atoms with Gasteiger partial charge in [-0.15, -0.1) is 0 Å². The summed E-state index contributed by atoms with van der Waals surface area (Å²) >= 11 is 0. The molecule has 0 spiro atoms. The first-order chi connectivity index (χ1) is 13.2. The predicted molar refractivity (Wildman–Crippen MR) is 97.3 cm³/mol. The van der Waals surface area contributed by atoms with Gasteiger partial charge < -0.3 is 19.7 Å². The normalized spacial score (nSPS) is 14.3. The predicted octanol–water partition coefficient (Wildman–Crippen LogP) is 4.38. The maximum atomic E-state index is 12.6. The van der Waals surface area contributed by atoms with Gasteiger partial charge in [-0.2, -0.15) is 13.2 Å². The Morgan fingerprint density at radius 1 is 1.11 bits per heavy atom. The Morgan fingerprint density at radius 2 is 1.75 bits per heavy atom. The average Bonchev–Trinajstić information content (AvgIpc) is 2.67. The first kappa shape index (κ1) is 19.9. The monoisotopic (exact) mass is 394 g/mol. The highest BCUT2D eigenvalue weighted by molar-refractivity contribution is 5.74. The number of alkyl halides is 3. The first-order valence-corrected chi connectivity index (χ1v) is 8.81. The number of benzene rings is 2. The second-order valence-electron chi connectivity index (χ2n) is 6.63. The average molecular weight is 394 g/mol. The lowest BCUT2D eigenvalue weighted by molar-refractivity contribution is -0.137. The summed E-state index contributed by atoms with van der Waals surface area (Å²) in [5.41, 5.74) is 0.758. The number of nitrogens with zero attached hydrogens (tertiary/aromatic N) is 1. The number of hydrogen-bond donors (Lipinski definition) is 1. The van der Waals surface area contributed by atoms with Gasteiger partial charge >= 0.3 is 12.2 Å².